The minimum Gasteiger partial charge on any atom is -0.437 e. The molecule has 2 heterocycles. The zero-order chi connectivity index (χ0) is 32.1. The van der Waals surface area contributed by atoms with Crippen molar-refractivity contribution in [1.82, 2.24) is 19.5 Å². The number of methoxy groups -OCH3 is 1. The Morgan fingerprint density at radius 1 is 1.10 bits per heavy atom. The highest BCUT2D eigenvalue weighted by Gasteiger charge is 2.46. The van der Waals surface area contributed by atoms with E-state index >= 15 is 4.39 Å². The fourth-order valence-electron chi connectivity index (χ4n) is 3.27. The number of aromatic nitrogens is 4. The monoisotopic (exact) mass is 623 g/mol. The molecule has 0 saturated heterocycles. The molecule has 4 N–H and O–H groups in total. The zero-order valence-electron chi connectivity index (χ0n) is 24.8. The number of carbonyl (C=O) groups excluding carboxylic acids is 2. The first-order valence-electron chi connectivity index (χ1n) is 12.8. The number of H-pyrrole nitrogens is 1. The molecular weight excluding hydrogens is 584 g/mol. The Morgan fingerprint density at radius 3 is 2.07 bits per heavy atom. The number of carbonyl (C=O) groups is 2. The molecule has 0 fully saturated rings. The maximum Gasteiger partial charge on any atom is 0.480 e. The summed E-state index contributed by atoms with van der Waals surface area (Å²) in [6.07, 6.45) is -3.50. The molecule has 2 rings (SSSR count). The number of phosphoric ester groups is 1. The van der Waals surface area contributed by atoms with Gasteiger partial charge >= 0.3 is 19.8 Å². The minimum absolute atomic E-state index is 0.105. The molecule has 0 radical (unpaired) electrons. The van der Waals surface area contributed by atoms with Gasteiger partial charge in [-0.15, -0.1) is 0 Å². The number of nitrogens with one attached hydrogen (secondary N) is 1. The number of halogens is 1. The van der Waals surface area contributed by atoms with Crippen LogP contribution in [-0.4, -0.2) is 75.6 Å². The van der Waals surface area contributed by atoms with Crippen LogP contribution in [0.15, 0.2) is 11.1 Å². The number of hydrogen-bond donors (Lipinski definition) is 3. The summed E-state index contributed by atoms with van der Waals surface area (Å²) in [4.78, 5) is 46.2. The molecule has 0 aliphatic carbocycles. The first kappa shape index (κ1) is 35.2. The summed E-state index contributed by atoms with van der Waals surface area (Å²) in [6, 6.07) is 0. The minimum atomic E-state index is -4.70. The highest BCUT2D eigenvalue weighted by atomic mass is 31.2. The van der Waals surface area contributed by atoms with Crippen molar-refractivity contribution in [2.75, 3.05) is 33.0 Å². The van der Waals surface area contributed by atoms with E-state index in [-0.39, 0.29) is 23.5 Å². The van der Waals surface area contributed by atoms with Crippen LogP contribution in [0.5, 0.6) is 0 Å². The predicted octanol–water partition coefficient (Wildman–Crippen LogP) is 2.58. The Kier molecular flexibility index (Phi) is 11.4. The van der Waals surface area contributed by atoms with E-state index in [9.17, 15) is 24.1 Å². The number of nitrogens with zero attached hydrogens (tertiary/aromatic N) is 3. The Hall–Kier alpha value is -2.95. The molecule has 0 aliphatic heterocycles. The van der Waals surface area contributed by atoms with Crippen molar-refractivity contribution < 1.29 is 51.4 Å². The van der Waals surface area contributed by atoms with Crippen molar-refractivity contribution in [2.24, 2.45) is 10.8 Å². The molecule has 0 amide bonds. The molecule has 0 spiro atoms. The van der Waals surface area contributed by atoms with Crippen LogP contribution in [0, 0.1) is 10.8 Å². The van der Waals surface area contributed by atoms with Gasteiger partial charge in [-0.2, -0.15) is 4.98 Å². The molecule has 2 aromatic heterocycles. The third-order valence-corrected chi connectivity index (χ3v) is 7.30. The van der Waals surface area contributed by atoms with E-state index < -0.39 is 74.3 Å². The summed E-state index contributed by atoms with van der Waals surface area (Å²) >= 11 is 0. The third-order valence-electron chi connectivity index (χ3n) is 6.01. The van der Waals surface area contributed by atoms with Crippen LogP contribution in [0.2, 0.25) is 0 Å². The van der Waals surface area contributed by atoms with Crippen LogP contribution < -0.4 is 11.3 Å². The maximum absolute atomic E-state index is 15.7. The van der Waals surface area contributed by atoms with Crippen molar-refractivity contribution >= 4 is 36.9 Å². The van der Waals surface area contributed by atoms with Gasteiger partial charge in [0.25, 0.3) is 5.56 Å². The van der Waals surface area contributed by atoms with Gasteiger partial charge in [0.15, 0.2) is 11.2 Å². The van der Waals surface area contributed by atoms with Gasteiger partial charge in [-0.1, -0.05) is 6.92 Å². The number of fused-ring (bicyclic) bond motifs is 1. The summed E-state index contributed by atoms with van der Waals surface area (Å²) in [5.74, 6) is -1.68. The lowest BCUT2D eigenvalue weighted by Gasteiger charge is -2.37. The van der Waals surface area contributed by atoms with E-state index in [0.29, 0.717) is 0 Å². The van der Waals surface area contributed by atoms with Crippen LogP contribution in [0.4, 0.5) is 10.3 Å². The van der Waals surface area contributed by atoms with Crippen molar-refractivity contribution in [2.45, 2.75) is 72.9 Å². The number of aliphatic hydroxyl groups is 1. The Labute approximate surface area is 241 Å². The fourth-order valence-corrected chi connectivity index (χ4v) is 4.23. The van der Waals surface area contributed by atoms with Crippen LogP contribution in [0.3, 0.4) is 0 Å². The van der Waals surface area contributed by atoms with E-state index in [4.69, 9.17) is 33.5 Å². The van der Waals surface area contributed by atoms with E-state index in [2.05, 4.69) is 15.0 Å². The number of imidazole rings is 1. The van der Waals surface area contributed by atoms with E-state index in [1.54, 1.807) is 41.5 Å². The average Bonchev–Trinajstić information content (AvgIpc) is 3.32. The fraction of sp³-hybridized carbons (Fsp3) is 0.708. The Morgan fingerprint density at radius 2 is 1.62 bits per heavy atom. The van der Waals surface area contributed by atoms with Crippen molar-refractivity contribution in [3.63, 3.8) is 0 Å². The van der Waals surface area contributed by atoms with Gasteiger partial charge in [-0.3, -0.25) is 28.5 Å². The van der Waals surface area contributed by atoms with Gasteiger partial charge in [-0.25, -0.2) is 23.0 Å². The number of aromatic amines is 1. The topological polar surface area (TPSA) is 216 Å². The number of ether oxygens (including phenoxy) is 3. The standard InChI is InChI=1S/C24H39FN5O11P/c1-9-24(36-8,15(31)16(25)30-11-27-14-17(30)28-21(26)29-18(14)32)10-39-42(35,40-12-37-19(33)22(2,3)4)41-13-38-20(34)23(5,6)7/h11,15-16,31H,9-10,12-13H2,1-8H3,(H3,26,28,29,32)/t15-,16-,24+/m0/s1. The molecule has 0 aliphatic rings. The van der Waals surface area contributed by atoms with Crippen LogP contribution in [0.25, 0.3) is 11.2 Å². The molecule has 0 bridgehead atoms. The normalized spacial score (nSPS) is 15.7. The number of rotatable bonds is 14. The molecule has 18 heteroatoms. The highest BCUT2D eigenvalue weighted by Crippen LogP contribution is 2.51. The predicted molar refractivity (Wildman–Crippen MR) is 145 cm³/mol. The second-order valence-corrected chi connectivity index (χ2v) is 13.0. The largest absolute Gasteiger partial charge is 0.480 e. The number of alkyl halides is 1. The molecule has 42 heavy (non-hydrogen) atoms. The summed E-state index contributed by atoms with van der Waals surface area (Å²) in [5.41, 5.74) is 0.664. The van der Waals surface area contributed by atoms with E-state index in [1.165, 1.54) is 6.92 Å². The number of phosphoric acid groups is 1. The first-order valence-corrected chi connectivity index (χ1v) is 14.2. The maximum atomic E-state index is 15.7. The zero-order valence-corrected chi connectivity index (χ0v) is 25.7. The van der Waals surface area contributed by atoms with Gasteiger partial charge in [-0.05, 0) is 48.0 Å². The number of nitrogens with two attached hydrogens (primary N) is 1. The lowest BCUT2D eigenvalue weighted by molar-refractivity contribution is -0.171. The van der Waals surface area contributed by atoms with Gasteiger partial charge in [0.1, 0.15) is 11.7 Å². The van der Waals surface area contributed by atoms with Crippen molar-refractivity contribution in [3.05, 3.63) is 16.7 Å². The molecule has 238 valence electrons. The summed E-state index contributed by atoms with van der Waals surface area (Å²) < 4.78 is 61.0. The smallest absolute Gasteiger partial charge is 0.437 e. The number of anilines is 1. The Bertz CT molecular complexity index is 1310. The average molecular weight is 624 g/mol. The van der Waals surface area contributed by atoms with Gasteiger partial charge in [0.2, 0.25) is 25.8 Å². The lowest BCUT2D eigenvalue weighted by Crippen LogP contribution is -2.50. The molecule has 0 aromatic carbocycles. The second kappa shape index (κ2) is 13.6. The number of aliphatic hydroxyl groups excluding tert-OH is 1. The van der Waals surface area contributed by atoms with Gasteiger partial charge < -0.3 is 25.1 Å². The van der Waals surface area contributed by atoms with Crippen LogP contribution in [-0.2, 0) is 41.9 Å². The first-order chi connectivity index (χ1) is 19.3. The SMILES string of the molecule is CC[C@](COP(=O)(OCOC(=O)C(C)(C)C)OCOC(=O)C(C)(C)C)(OC)[C@@H](O)[C@@H](F)n1cnc2c(=O)[nH]c(N)nc21. The summed E-state index contributed by atoms with van der Waals surface area (Å²) in [7, 11) is -3.55. The van der Waals surface area contributed by atoms with E-state index in [0.717, 1.165) is 18.0 Å². The number of nitrogen functional groups attached to an aromatic ring is 1. The Balaban J connectivity index is 2.29. The molecule has 0 saturated carbocycles. The lowest BCUT2D eigenvalue weighted by atomic mass is 9.93. The summed E-state index contributed by atoms with van der Waals surface area (Å²) in [5, 5.41) is 11.1. The van der Waals surface area contributed by atoms with E-state index in [1.807, 2.05) is 0 Å². The van der Waals surface area contributed by atoms with Crippen LogP contribution in [0.1, 0.15) is 61.2 Å². The van der Waals surface area contributed by atoms with Gasteiger partial charge in [0, 0.05) is 7.11 Å². The summed E-state index contributed by atoms with van der Waals surface area (Å²) in [6.45, 7) is 8.50. The molecule has 16 nitrogen and oxygen atoms in total. The highest BCUT2D eigenvalue weighted by molar-refractivity contribution is 7.48. The third kappa shape index (κ3) is 8.55. The quantitative estimate of drug-likeness (QED) is 0.157. The molecule has 2 aromatic rings. The molecule has 0 unspecified atom stereocenters. The van der Waals surface area contributed by atoms with Crippen molar-refractivity contribution in [1.29, 1.82) is 0 Å². The van der Waals surface area contributed by atoms with Gasteiger partial charge in [0.05, 0.1) is 23.8 Å². The number of hydrogen-bond acceptors (Lipinski definition) is 14. The molecular formula is C24H39FN5O11P. The van der Waals surface area contributed by atoms with Crippen LogP contribution >= 0.6 is 7.82 Å². The van der Waals surface area contributed by atoms with Crippen molar-refractivity contribution in [3.8, 4) is 0 Å². The molecule has 3 atom stereocenters. The second-order valence-electron chi connectivity index (χ2n) is 11.3. The number of esters is 2.